The molecule has 0 radical (unpaired) electrons. The molecule has 0 saturated carbocycles. The van der Waals surface area contributed by atoms with Crippen molar-refractivity contribution in [2.75, 3.05) is 5.32 Å². The molecule has 19 heavy (non-hydrogen) atoms. The largest absolute Gasteiger partial charge is 0.382 e. The fraction of sp³-hybridized carbons (Fsp3) is 0.438. The van der Waals surface area contributed by atoms with Gasteiger partial charge >= 0.3 is 0 Å². The quantitative estimate of drug-likeness (QED) is 0.914. The number of rotatable bonds is 3. The van der Waals surface area contributed by atoms with Crippen molar-refractivity contribution in [1.82, 2.24) is 9.78 Å². The number of hydrogen-bond acceptors (Lipinski definition) is 2. The fourth-order valence-electron chi connectivity index (χ4n) is 2.78. The van der Waals surface area contributed by atoms with Gasteiger partial charge in [-0.15, -0.1) is 0 Å². The van der Waals surface area contributed by atoms with Crippen molar-refractivity contribution in [3.63, 3.8) is 0 Å². The second-order valence-electron chi connectivity index (χ2n) is 5.52. The van der Waals surface area contributed by atoms with Gasteiger partial charge in [-0.3, -0.25) is 4.68 Å². The van der Waals surface area contributed by atoms with Gasteiger partial charge in [0.15, 0.2) is 0 Å². The third-order valence-electron chi connectivity index (χ3n) is 4.01. The van der Waals surface area contributed by atoms with Gasteiger partial charge in [0, 0.05) is 30.7 Å². The van der Waals surface area contributed by atoms with Gasteiger partial charge in [-0.2, -0.15) is 5.10 Å². The van der Waals surface area contributed by atoms with Crippen LogP contribution in [-0.2, 0) is 26.3 Å². The molecule has 0 aliphatic carbocycles. The number of nitrogens with one attached hydrogen (secondary N) is 1. The van der Waals surface area contributed by atoms with Crippen LogP contribution in [0, 0.1) is 0 Å². The minimum atomic E-state index is 0.604. The van der Waals surface area contributed by atoms with E-state index in [0.29, 0.717) is 6.04 Å². The summed E-state index contributed by atoms with van der Waals surface area (Å²) < 4.78 is 1.96. The lowest BCUT2D eigenvalue weighted by Gasteiger charge is -2.24. The van der Waals surface area contributed by atoms with Crippen molar-refractivity contribution in [1.29, 1.82) is 0 Å². The Hall–Kier alpha value is -1.77. The second kappa shape index (κ2) is 5.08. The molecule has 3 rings (SSSR count). The van der Waals surface area contributed by atoms with E-state index in [0.717, 1.165) is 12.8 Å². The van der Waals surface area contributed by atoms with Crippen LogP contribution in [0.3, 0.4) is 0 Å². The topological polar surface area (TPSA) is 29.9 Å². The molecule has 100 valence electrons. The molecular formula is C16H21N3. The van der Waals surface area contributed by atoms with E-state index < -0.39 is 0 Å². The molecule has 1 aliphatic heterocycles. The summed E-state index contributed by atoms with van der Waals surface area (Å²) >= 11 is 0. The Labute approximate surface area is 114 Å². The summed E-state index contributed by atoms with van der Waals surface area (Å²) in [6, 6.07) is 9.56. The number of aromatic nitrogens is 2. The maximum absolute atomic E-state index is 4.21. The van der Waals surface area contributed by atoms with Crippen LogP contribution in [0.2, 0.25) is 0 Å². The lowest BCUT2D eigenvalue weighted by Crippen LogP contribution is -2.21. The van der Waals surface area contributed by atoms with Gasteiger partial charge in [-0.25, -0.2) is 0 Å². The van der Waals surface area contributed by atoms with Gasteiger partial charge in [0.25, 0.3) is 0 Å². The molecule has 0 saturated heterocycles. The maximum Gasteiger partial charge on any atom is 0.0492 e. The number of hydrogen-bond donors (Lipinski definition) is 1. The van der Waals surface area contributed by atoms with Crippen molar-refractivity contribution in [3.8, 4) is 0 Å². The van der Waals surface area contributed by atoms with Crippen molar-refractivity contribution in [2.24, 2.45) is 7.05 Å². The Kier molecular flexibility index (Phi) is 3.28. The van der Waals surface area contributed by atoms with E-state index in [2.05, 4.69) is 41.6 Å². The van der Waals surface area contributed by atoms with E-state index in [1.807, 2.05) is 17.9 Å². The van der Waals surface area contributed by atoms with Gasteiger partial charge in [-0.1, -0.05) is 12.1 Å². The highest BCUT2D eigenvalue weighted by Crippen LogP contribution is 2.26. The average molecular weight is 255 g/mol. The smallest absolute Gasteiger partial charge is 0.0492 e. The fourth-order valence-corrected chi connectivity index (χ4v) is 2.78. The Morgan fingerprint density at radius 2 is 2.21 bits per heavy atom. The predicted molar refractivity (Wildman–Crippen MR) is 78.5 cm³/mol. The molecule has 0 bridgehead atoms. The van der Waals surface area contributed by atoms with Gasteiger partial charge in [0.1, 0.15) is 0 Å². The molecule has 2 heterocycles. The van der Waals surface area contributed by atoms with Gasteiger partial charge in [-0.05, 0) is 55.9 Å². The average Bonchev–Trinajstić information content (AvgIpc) is 2.82. The standard InChI is InChI=1S/C16H21N3/c1-12-3-6-14-11-13(5-8-16(14)18-12)4-7-15-9-10-17-19(15)2/h5,8-12,18H,3-4,6-7H2,1-2H3. The van der Waals surface area contributed by atoms with Crippen LogP contribution in [-0.4, -0.2) is 15.8 Å². The minimum absolute atomic E-state index is 0.604. The van der Waals surface area contributed by atoms with Crippen LogP contribution >= 0.6 is 0 Å². The van der Waals surface area contributed by atoms with Gasteiger partial charge < -0.3 is 5.32 Å². The Morgan fingerprint density at radius 3 is 3.00 bits per heavy atom. The first-order valence-corrected chi connectivity index (χ1v) is 7.07. The molecule has 3 nitrogen and oxygen atoms in total. The van der Waals surface area contributed by atoms with E-state index in [1.54, 1.807) is 0 Å². The monoisotopic (exact) mass is 255 g/mol. The number of anilines is 1. The lowest BCUT2D eigenvalue weighted by atomic mass is 9.95. The number of nitrogens with zero attached hydrogens (tertiary/aromatic N) is 2. The van der Waals surface area contributed by atoms with Crippen LogP contribution in [0.1, 0.15) is 30.2 Å². The molecule has 1 unspecified atom stereocenters. The van der Waals surface area contributed by atoms with E-state index in [1.165, 1.54) is 35.3 Å². The Morgan fingerprint density at radius 1 is 1.32 bits per heavy atom. The van der Waals surface area contributed by atoms with Gasteiger partial charge in [0.2, 0.25) is 0 Å². The van der Waals surface area contributed by atoms with Crippen LogP contribution in [0.25, 0.3) is 0 Å². The molecule has 0 spiro atoms. The normalized spacial score (nSPS) is 17.9. The van der Waals surface area contributed by atoms with Crippen molar-refractivity contribution < 1.29 is 0 Å². The SMILES string of the molecule is CC1CCc2cc(CCc3ccnn3C)ccc2N1. The van der Waals surface area contributed by atoms with Gasteiger partial charge in [0.05, 0.1) is 0 Å². The molecule has 0 amide bonds. The molecule has 1 aromatic carbocycles. The maximum atomic E-state index is 4.21. The van der Waals surface area contributed by atoms with E-state index in [4.69, 9.17) is 0 Å². The molecule has 2 aromatic rings. The predicted octanol–water partition coefficient (Wildman–Crippen LogP) is 2.95. The van der Waals surface area contributed by atoms with Crippen molar-refractivity contribution in [2.45, 2.75) is 38.6 Å². The zero-order chi connectivity index (χ0) is 13.2. The Balaban J connectivity index is 1.71. The minimum Gasteiger partial charge on any atom is -0.382 e. The first-order valence-electron chi connectivity index (χ1n) is 7.07. The molecule has 1 aliphatic rings. The Bertz CT molecular complexity index is 571. The van der Waals surface area contributed by atoms with Crippen LogP contribution in [0.5, 0.6) is 0 Å². The summed E-state index contributed by atoms with van der Waals surface area (Å²) in [7, 11) is 2.01. The first kappa shape index (κ1) is 12.3. The van der Waals surface area contributed by atoms with Crippen LogP contribution < -0.4 is 5.32 Å². The van der Waals surface area contributed by atoms with Crippen LogP contribution in [0.15, 0.2) is 30.5 Å². The number of fused-ring (bicyclic) bond motifs is 1. The third-order valence-corrected chi connectivity index (χ3v) is 4.01. The number of aryl methyl sites for hydroxylation is 4. The summed E-state index contributed by atoms with van der Waals surface area (Å²) in [6.07, 6.45) is 6.44. The molecular weight excluding hydrogens is 234 g/mol. The van der Waals surface area contributed by atoms with E-state index in [-0.39, 0.29) is 0 Å². The zero-order valence-corrected chi connectivity index (χ0v) is 11.7. The zero-order valence-electron chi connectivity index (χ0n) is 11.7. The number of benzene rings is 1. The highest BCUT2D eigenvalue weighted by atomic mass is 15.2. The van der Waals surface area contributed by atoms with E-state index >= 15 is 0 Å². The molecule has 1 aromatic heterocycles. The lowest BCUT2D eigenvalue weighted by molar-refractivity contribution is 0.678. The molecule has 3 heteroatoms. The summed E-state index contributed by atoms with van der Waals surface area (Å²) in [5.74, 6) is 0. The highest BCUT2D eigenvalue weighted by molar-refractivity contribution is 5.55. The highest BCUT2D eigenvalue weighted by Gasteiger charge is 2.14. The third kappa shape index (κ3) is 2.65. The first-order chi connectivity index (χ1) is 9.22. The summed E-state index contributed by atoms with van der Waals surface area (Å²) in [5.41, 5.74) is 5.52. The van der Waals surface area contributed by atoms with Crippen molar-refractivity contribution >= 4 is 5.69 Å². The molecule has 0 fully saturated rings. The summed E-state index contributed by atoms with van der Waals surface area (Å²) in [4.78, 5) is 0. The molecule has 1 N–H and O–H groups in total. The van der Waals surface area contributed by atoms with Crippen LogP contribution in [0.4, 0.5) is 5.69 Å². The summed E-state index contributed by atoms with van der Waals surface area (Å²) in [6.45, 7) is 2.25. The second-order valence-corrected chi connectivity index (χ2v) is 5.52. The van der Waals surface area contributed by atoms with Crippen molar-refractivity contribution in [3.05, 3.63) is 47.3 Å². The van der Waals surface area contributed by atoms with E-state index in [9.17, 15) is 0 Å². The summed E-state index contributed by atoms with van der Waals surface area (Å²) in [5, 5.41) is 7.77. The molecule has 1 atom stereocenters.